The summed E-state index contributed by atoms with van der Waals surface area (Å²) in [5.74, 6) is 0.551. The third-order valence-corrected chi connectivity index (χ3v) is 7.14. The Balaban J connectivity index is 1.17. The molecule has 238 valence electrons. The summed E-state index contributed by atoms with van der Waals surface area (Å²) in [4.78, 5) is 39.3. The Labute approximate surface area is 266 Å². The lowest BCUT2D eigenvalue weighted by Gasteiger charge is -2.21. The number of amides is 2. The van der Waals surface area contributed by atoms with Gasteiger partial charge in [-0.05, 0) is 56.4 Å². The van der Waals surface area contributed by atoms with E-state index in [0.29, 0.717) is 37.8 Å². The summed E-state index contributed by atoms with van der Waals surface area (Å²) >= 11 is 0. The van der Waals surface area contributed by atoms with Crippen molar-refractivity contribution in [1.29, 1.82) is 0 Å². The van der Waals surface area contributed by atoms with Crippen LogP contribution in [0.3, 0.4) is 0 Å². The van der Waals surface area contributed by atoms with E-state index in [-0.39, 0.29) is 11.9 Å². The molecular formula is C34H36N6O6. The fourth-order valence-electron chi connectivity index (χ4n) is 4.86. The predicted octanol–water partition coefficient (Wildman–Crippen LogP) is 6.69. The second-order valence-corrected chi connectivity index (χ2v) is 11.8. The molecule has 1 saturated heterocycles. The molecule has 0 aliphatic carbocycles. The lowest BCUT2D eigenvalue weighted by molar-refractivity contribution is 0.0601. The zero-order valence-electron chi connectivity index (χ0n) is 26.1. The van der Waals surface area contributed by atoms with Crippen molar-refractivity contribution < 1.29 is 28.8 Å². The maximum absolute atomic E-state index is 12.2. The summed E-state index contributed by atoms with van der Waals surface area (Å²) in [6.45, 7) is 8.10. The largest absolute Gasteiger partial charge is 0.465 e. The van der Waals surface area contributed by atoms with Crippen molar-refractivity contribution in [3.8, 4) is 22.5 Å². The van der Waals surface area contributed by atoms with Crippen LogP contribution < -0.4 is 5.32 Å². The fourth-order valence-corrected chi connectivity index (χ4v) is 4.86. The molecule has 2 heterocycles. The maximum atomic E-state index is 12.2. The number of nitrogens with one attached hydrogen (secondary N) is 1. The Morgan fingerprint density at radius 1 is 1.00 bits per heavy atom. The van der Waals surface area contributed by atoms with Gasteiger partial charge in [-0.3, -0.25) is 5.32 Å². The van der Waals surface area contributed by atoms with E-state index >= 15 is 0 Å². The maximum Gasteiger partial charge on any atom is 0.437 e. The van der Waals surface area contributed by atoms with Crippen molar-refractivity contribution in [3.05, 3.63) is 95.9 Å². The average molecular weight is 625 g/mol. The Hall–Kier alpha value is -5.52. The normalized spacial score (nSPS) is 15.5. The number of guanidine groups is 1. The number of nitrogens with zero attached hydrogens (tertiary/aromatic N) is 5. The Kier molecular flexibility index (Phi) is 9.75. The molecule has 2 N–H and O–H groups in total. The second kappa shape index (κ2) is 14.1. The van der Waals surface area contributed by atoms with Gasteiger partial charge in [0.15, 0.2) is 0 Å². The molecule has 1 atom stereocenters. The van der Waals surface area contributed by atoms with Gasteiger partial charge in [-0.2, -0.15) is 4.98 Å². The number of hydrogen-bond acceptors (Lipinski definition) is 8. The molecule has 1 aromatic heterocycles. The van der Waals surface area contributed by atoms with Gasteiger partial charge >= 0.3 is 12.2 Å². The van der Waals surface area contributed by atoms with Crippen LogP contribution in [0.5, 0.6) is 0 Å². The molecule has 2 amide bonds. The first-order valence-electron chi connectivity index (χ1n) is 14.9. The van der Waals surface area contributed by atoms with Crippen LogP contribution in [0.15, 0.2) is 93.5 Å². The molecule has 0 saturated carbocycles. The highest BCUT2D eigenvalue weighted by Crippen LogP contribution is 2.28. The quantitative estimate of drug-likeness (QED) is 0.130. The van der Waals surface area contributed by atoms with E-state index in [9.17, 15) is 14.7 Å². The second-order valence-electron chi connectivity index (χ2n) is 11.8. The van der Waals surface area contributed by atoms with Crippen LogP contribution in [-0.4, -0.2) is 62.7 Å². The smallest absolute Gasteiger partial charge is 0.437 e. The average Bonchev–Trinajstić information content (AvgIpc) is 3.71. The van der Waals surface area contributed by atoms with Gasteiger partial charge in [-0.15, -0.1) is 4.99 Å². The van der Waals surface area contributed by atoms with Crippen LogP contribution in [0.4, 0.5) is 9.59 Å². The third-order valence-electron chi connectivity index (χ3n) is 7.14. The van der Waals surface area contributed by atoms with Gasteiger partial charge in [0.25, 0.3) is 0 Å². The number of aliphatic imine (C=N–C) groups is 1. The fraction of sp³-hybridized carbons (Fsp3) is 0.294. The van der Waals surface area contributed by atoms with E-state index in [1.807, 2.05) is 61.5 Å². The number of oxime groups is 1. The molecule has 1 unspecified atom stereocenters. The highest BCUT2D eigenvalue weighted by Gasteiger charge is 2.32. The van der Waals surface area contributed by atoms with Crippen molar-refractivity contribution >= 4 is 23.9 Å². The minimum Gasteiger partial charge on any atom is -0.465 e. The Bertz CT molecular complexity index is 1710. The van der Waals surface area contributed by atoms with E-state index in [2.05, 4.69) is 49.9 Å². The molecule has 4 aromatic rings. The monoisotopic (exact) mass is 624 g/mol. The summed E-state index contributed by atoms with van der Waals surface area (Å²) in [6.07, 6.45) is -1.62. The molecule has 12 heteroatoms. The first-order valence-corrected chi connectivity index (χ1v) is 14.9. The molecule has 0 bridgehead atoms. The van der Waals surface area contributed by atoms with E-state index < -0.39 is 17.8 Å². The van der Waals surface area contributed by atoms with Crippen LogP contribution in [0, 0.1) is 0 Å². The van der Waals surface area contributed by atoms with E-state index in [0.717, 1.165) is 28.0 Å². The summed E-state index contributed by atoms with van der Waals surface area (Å²) in [5, 5.41) is 19.9. The number of likely N-dealkylation sites (tertiary alicyclic amines) is 1. The van der Waals surface area contributed by atoms with E-state index in [1.54, 1.807) is 25.7 Å². The first kappa shape index (κ1) is 31.9. The van der Waals surface area contributed by atoms with Gasteiger partial charge < -0.3 is 24.1 Å². The topological polar surface area (TPSA) is 152 Å². The SMILES string of the molecule is CC(=NOCc1ccc(-c2ccccc2)cc1)c1ccc(-c2noc(C3CCN(C(=NC(=O)OC(C)(C)C)NC(=O)O)C3)n2)cc1. The summed E-state index contributed by atoms with van der Waals surface area (Å²) in [7, 11) is 0. The Morgan fingerprint density at radius 2 is 1.67 bits per heavy atom. The predicted molar refractivity (Wildman–Crippen MR) is 172 cm³/mol. The van der Waals surface area contributed by atoms with Crippen LogP contribution >= 0.6 is 0 Å². The standard InChI is InChI=1S/C34H36N6O6/c1-22(38-44-21-23-10-12-26(13-11-23)25-8-6-5-7-9-25)24-14-16-27(17-15-24)29-35-30(46-39-29)28-18-19-40(20-28)31(36-32(41)42)37-33(43)45-34(2,3)4/h5-17,28H,18-21H2,1-4H3,(H,41,42)(H,36,37,43). The van der Waals surface area contributed by atoms with Crippen molar-refractivity contribution in [2.45, 2.75) is 52.2 Å². The minimum absolute atomic E-state index is 0.110. The Morgan fingerprint density at radius 3 is 2.35 bits per heavy atom. The summed E-state index contributed by atoms with van der Waals surface area (Å²) in [6, 6.07) is 26.0. The number of carbonyl (C=O) groups is 2. The molecule has 5 rings (SSSR count). The minimum atomic E-state index is -1.34. The van der Waals surface area contributed by atoms with Gasteiger partial charge in [0.2, 0.25) is 17.7 Å². The van der Waals surface area contributed by atoms with E-state index in [4.69, 9.17) is 14.1 Å². The van der Waals surface area contributed by atoms with Gasteiger partial charge in [-0.1, -0.05) is 89.2 Å². The number of ether oxygens (including phenoxy) is 1. The lowest BCUT2D eigenvalue weighted by atomic mass is 10.0. The molecule has 1 fully saturated rings. The van der Waals surface area contributed by atoms with Crippen LogP contribution in [0.1, 0.15) is 57.1 Å². The number of carbonyl (C=O) groups excluding carboxylic acids is 1. The van der Waals surface area contributed by atoms with Crippen molar-refractivity contribution in [2.24, 2.45) is 10.1 Å². The van der Waals surface area contributed by atoms with Crippen LogP contribution in [-0.2, 0) is 16.2 Å². The molecule has 12 nitrogen and oxygen atoms in total. The summed E-state index contributed by atoms with van der Waals surface area (Å²) < 4.78 is 10.8. The number of hydrogen-bond donors (Lipinski definition) is 2. The molecule has 1 aliphatic heterocycles. The van der Waals surface area contributed by atoms with Crippen molar-refractivity contribution in [1.82, 2.24) is 20.4 Å². The zero-order valence-corrected chi connectivity index (χ0v) is 26.1. The van der Waals surface area contributed by atoms with Gasteiger partial charge in [0.05, 0.1) is 11.6 Å². The number of rotatable bonds is 7. The van der Waals surface area contributed by atoms with E-state index in [1.165, 1.54) is 5.56 Å². The van der Waals surface area contributed by atoms with Crippen LogP contribution in [0.25, 0.3) is 22.5 Å². The lowest BCUT2D eigenvalue weighted by Crippen LogP contribution is -2.43. The highest BCUT2D eigenvalue weighted by molar-refractivity contribution is 5.99. The van der Waals surface area contributed by atoms with Gasteiger partial charge in [0, 0.05) is 18.7 Å². The van der Waals surface area contributed by atoms with Gasteiger partial charge in [0.1, 0.15) is 12.2 Å². The highest BCUT2D eigenvalue weighted by atomic mass is 16.6. The number of benzene rings is 3. The number of carboxylic acid groups (broad SMARTS) is 1. The van der Waals surface area contributed by atoms with Crippen LogP contribution in [0.2, 0.25) is 0 Å². The first-order chi connectivity index (χ1) is 22.0. The van der Waals surface area contributed by atoms with Crippen molar-refractivity contribution in [3.63, 3.8) is 0 Å². The molecule has 1 aliphatic rings. The molecule has 3 aromatic carbocycles. The van der Waals surface area contributed by atoms with Gasteiger partial charge in [-0.25, -0.2) is 9.59 Å². The van der Waals surface area contributed by atoms with Crippen molar-refractivity contribution in [2.75, 3.05) is 13.1 Å². The number of aromatic nitrogens is 2. The molecule has 0 radical (unpaired) electrons. The molecule has 0 spiro atoms. The molecular weight excluding hydrogens is 588 g/mol. The zero-order chi connectivity index (χ0) is 32.7. The summed E-state index contributed by atoms with van der Waals surface area (Å²) in [5.41, 5.74) is 4.95. The third kappa shape index (κ3) is 8.56. The molecule has 46 heavy (non-hydrogen) atoms.